The summed E-state index contributed by atoms with van der Waals surface area (Å²) in [7, 11) is 0. The monoisotopic (exact) mass is 376 g/mol. The topological polar surface area (TPSA) is 80.9 Å². The van der Waals surface area contributed by atoms with Crippen molar-refractivity contribution in [2.75, 3.05) is 0 Å². The van der Waals surface area contributed by atoms with E-state index in [0.29, 0.717) is 16.6 Å². The number of nitrogens with one attached hydrogen (secondary N) is 1. The van der Waals surface area contributed by atoms with Crippen molar-refractivity contribution in [3.63, 3.8) is 0 Å². The number of aromatic nitrogens is 3. The predicted molar refractivity (Wildman–Crippen MR) is 98.9 cm³/mol. The first-order valence-electron chi connectivity index (χ1n) is 8.07. The van der Waals surface area contributed by atoms with Crippen LogP contribution in [-0.2, 0) is 12.0 Å². The van der Waals surface area contributed by atoms with Gasteiger partial charge in [-0.05, 0) is 38.6 Å². The molecule has 0 atom stereocenters. The maximum atomic E-state index is 12.7. The van der Waals surface area contributed by atoms with Crippen molar-refractivity contribution in [2.24, 2.45) is 0 Å². The standard InChI is InChI=1S/C17H20N4O2S2/c1-5-7-12-19-16(21-23-12)17(3,4)20-14(22)13-10(2)18-15(25-13)11-8-6-9-24-11/h6,8-9H,5,7H2,1-4H3,(H,20,22). The summed E-state index contributed by atoms with van der Waals surface area (Å²) in [6, 6.07) is 3.98. The Kier molecular flexibility index (Phi) is 5.01. The second-order valence-corrected chi connectivity index (χ2v) is 8.20. The van der Waals surface area contributed by atoms with E-state index in [1.807, 2.05) is 38.3 Å². The highest BCUT2D eigenvalue weighted by Gasteiger charge is 2.30. The van der Waals surface area contributed by atoms with Gasteiger partial charge in [-0.3, -0.25) is 4.79 Å². The van der Waals surface area contributed by atoms with Crippen LogP contribution in [0.5, 0.6) is 0 Å². The number of carbonyl (C=O) groups excluding carboxylic acids is 1. The van der Waals surface area contributed by atoms with E-state index in [4.69, 9.17) is 4.52 Å². The van der Waals surface area contributed by atoms with E-state index in [1.165, 1.54) is 11.3 Å². The molecule has 0 saturated heterocycles. The van der Waals surface area contributed by atoms with Crippen molar-refractivity contribution >= 4 is 28.6 Å². The molecule has 0 radical (unpaired) electrons. The van der Waals surface area contributed by atoms with Crippen LogP contribution in [0.2, 0.25) is 0 Å². The Morgan fingerprint density at radius 2 is 2.16 bits per heavy atom. The molecule has 8 heteroatoms. The molecule has 1 N–H and O–H groups in total. The number of hydrogen-bond acceptors (Lipinski definition) is 7. The molecule has 3 rings (SSSR count). The highest BCUT2D eigenvalue weighted by molar-refractivity contribution is 7.22. The van der Waals surface area contributed by atoms with Crippen molar-refractivity contribution in [1.29, 1.82) is 0 Å². The van der Waals surface area contributed by atoms with Gasteiger partial charge in [-0.25, -0.2) is 4.98 Å². The zero-order valence-corrected chi connectivity index (χ0v) is 16.3. The number of aryl methyl sites for hydroxylation is 2. The fourth-order valence-corrected chi connectivity index (χ4v) is 4.09. The number of thiophene rings is 1. The minimum atomic E-state index is -0.730. The van der Waals surface area contributed by atoms with Crippen LogP contribution < -0.4 is 5.32 Å². The molecule has 0 bridgehead atoms. The van der Waals surface area contributed by atoms with Crippen LogP contribution >= 0.6 is 22.7 Å². The van der Waals surface area contributed by atoms with Crippen LogP contribution in [0.15, 0.2) is 22.0 Å². The van der Waals surface area contributed by atoms with Crippen molar-refractivity contribution in [1.82, 2.24) is 20.4 Å². The molecule has 0 fully saturated rings. The quantitative estimate of drug-likeness (QED) is 0.698. The molecule has 6 nitrogen and oxygen atoms in total. The summed E-state index contributed by atoms with van der Waals surface area (Å²) in [5.74, 6) is 0.892. The Bertz CT molecular complexity index is 865. The molecule has 0 aliphatic carbocycles. The Labute approximate surface area is 154 Å². The summed E-state index contributed by atoms with van der Waals surface area (Å²) in [5, 5.41) is 9.86. The molecule has 3 aromatic rings. The second kappa shape index (κ2) is 7.05. The summed E-state index contributed by atoms with van der Waals surface area (Å²) in [6.07, 6.45) is 1.66. The van der Waals surface area contributed by atoms with E-state index < -0.39 is 5.54 Å². The zero-order chi connectivity index (χ0) is 18.0. The normalized spacial score (nSPS) is 11.7. The number of nitrogens with zero attached hydrogens (tertiary/aromatic N) is 3. The first-order chi connectivity index (χ1) is 11.9. The van der Waals surface area contributed by atoms with Gasteiger partial charge in [0.05, 0.1) is 16.1 Å². The Hall–Kier alpha value is -2.06. The van der Waals surface area contributed by atoms with Gasteiger partial charge >= 0.3 is 0 Å². The number of amides is 1. The number of thiazole rings is 1. The average molecular weight is 377 g/mol. The van der Waals surface area contributed by atoms with E-state index >= 15 is 0 Å². The third kappa shape index (κ3) is 3.80. The minimum absolute atomic E-state index is 0.176. The molecule has 0 unspecified atom stereocenters. The molecule has 132 valence electrons. The molecule has 0 aliphatic heterocycles. The molecular weight excluding hydrogens is 356 g/mol. The molecule has 0 aliphatic rings. The summed E-state index contributed by atoms with van der Waals surface area (Å²) in [5.41, 5.74) is -0.00646. The van der Waals surface area contributed by atoms with Crippen LogP contribution in [-0.4, -0.2) is 21.0 Å². The van der Waals surface area contributed by atoms with E-state index in [-0.39, 0.29) is 5.91 Å². The van der Waals surface area contributed by atoms with Gasteiger partial charge in [0.2, 0.25) is 5.89 Å². The lowest BCUT2D eigenvalue weighted by Gasteiger charge is -2.21. The van der Waals surface area contributed by atoms with Crippen molar-refractivity contribution < 1.29 is 9.32 Å². The van der Waals surface area contributed by atoms with Gasteiger partial charge < -0.3 is 9.84 Å². The Balaban J connectivity index is 1.79. The van der Waals surface area contributed by atoms with E-state index in [0.717, 1.165) is 28.4 Å². The Morgan fingerprint density at radius 3 is 2.84 bits per heavy atom. The van der Waals surface area contributed by atoms with E-state index in [2.05, 4.69) is 27.4 Å². The second-order valence-electron chi connectivity index (χ2n) is 6.25. The third-order valence-electron chi connectivity index (χ3n) is 3.65. The fraction of sp³-hybridized carbons (Fsp3) is 0.412. The van der Waals surface area contributed by atoms with Crippen LogP contribution in [0.3, 0.4) is 0 Å². The number of hydrogen-bond donors (Lipinski definition) is 1. The van der Waals surface area contributed by atoms with Gasteiger partial charge in [0.1, 0.15) is 9.88 Å². The van der Waals surface area contributed by atoms with Gasteiger partial charge in [-0.15, -0.1) is 22.7 Å². The van der Waals surface area contributed by atoms with Crippen molar-refractivity contribution in [3.8, 4) is 9.88 Å². The predicted octanol–water partition coefficient (Wildman–Crippen LogP) is 4.18. The first-order valence-corrected chi connectivity index (χ1v) is 9.77. The van der Waals surface area contributed by atoms with Gasteiger partial charge in [-0.2, -0.15) is 4.98 Å². The lowest BCUT2D eigenvalue weighted by atomic mass is 10.0. The highest BCUT2D eigenvalue weighted by atomic mass is 32.1. The van der Waals surface area contributed by atoms with Gasteiger partial charge in [-0.1, -0.05) is 18.1 Å². The Morgan fingerprint density at radius 1 is 1.36 bits per heavy atom. The SMILES string of the molecule is CCCc1nc(C(C)(C)NC(=O)c2sc(-c3cccs3)nc2C)no1. The van der Waals surface area contributed by atoms with Gasteiger partial charge in [0, 0.05) is 6.42 Å². The molecule has 3 aromatic heterocycles. The summed E-state index contributed by atoms with van der Waals surface area (Å²) < 4.78 is 5.23. The summed E-state index contributed by atoms with van der Waals surface area (Å²) >= 11 is 3.01. The fourth-order valence-electron chi connectivity index (χ4n) is 2.33. The van der Waals surface area contributed by atoms with Crippen LogP contribution in [0.4, 0.5) is 0 Å². The van der Waals surface area contributed by atoms with Gasteiger partial charge in [0.15, 0.2) is 5.82 Å². The summed E-state index contributed by atoms with van der Waals surface area (Å²) in [4.78, 5) is 23.3. The lowest BCUT2D eigenvalue weighted by molar-refractivity contribution is 0.0911. The molecule has 1 amide bonds. The van der Waals surface area contributed by atoms with Crippen LogP contribution in [0, 0.1) is 6.92 Å². The van der Waals surface area contributed by atoms with Crippen LogP contribution in [0.25, 0.3) is 9.88 Å². The minimum Gasteiger partial charge on any atom is -0.339 e. The molecule has 3 heterocycles. The van der Waals surface area contributed by atoms with Crippen molar-refractivity contribution in [2.45, 2.75) is 46.1 Å². The van der Waals surface area contributed by atoms with Crippen LogP contribution in [0.1, 0.15) is 54.3 Å². The molecule has 0 aromatic carbocycles. The first kappa shape index (κ1) is 17.8. The summed E-state index contributed by atoms with van der Waals surface area (Å²) in [6.45, 7) is 7.63. The molecular formula is C17H20N4O2S2. The third-order valence-corrected chi connectivity index (χ3v) is 5.85. The average Bonchev–Trinajstić information content (AvgIpc) is 3.26. The van der Waals surface area contributed by atoms with E-state index in [1.54, 1.807) is 11.3 Å². The number of rotatable bonds is 6. The molecule has 0 spiro atoms. The molecule has 25 heavy (non-hydrogen) atoms. The largest absolute Gasteiger partial charge is 0.339 e. The smallest absolute Gasteiger partial charge is 0.264 e. The maximum absolute atomic E-state index is 12.7. The zero-order valence-electron chi connectivity index (χ0n) is 14.6. The lowest BCUT2D eigenvalue weighted by Crippen LogP contribution is -2.41. The van der Waals surface area contributed by atoms with Gasteiger partial charge in [0.25, 0.3) is 5.91 Å². The van der Waals surface area contributed by atoms with Crippen molar-refractivity contribution in [3.05, 3.63) is 39.8 Å². The number of carbonyl (C=O) groups is 1. The molecule has 0 saturated carbocycles. The highest BCUT2D eigenvalue weighted by Crippen LogP contribution is 2.31. The maximum Gasteiger partial charge on any atom is 0.264 e. The van der Waals surface area contributed by atoms with E-state index in [9.17, 15) is 4.79 Å².